The molecule has 0 aliphatic carbocycles. The lowest BCUT2D eigenvalue weighted by Crippen LogP contribution is -2.39. The lowest BCUT2D eigenvalue weighted by Gasteiger charge is -2.33. The van der Waals surface area contributed by atoms with Gasteiger partial charge in [0.15, 0.2) is 0 Å². The SMILES string of the molecule is CCCNC(c1ccoc1CC)C1CC(C)(C)OC1(C)C. The number of ether oxygens (including phenoxy) is 1. The van der Waals surface area contributed by atoms with E-state index in [-0.39, 0.29) is 11.2 Å². The Morgan fingerprint density at radius 2 is 2.00 bits per heavy atom. The van der Waals surface area contributed by atoms with Crippen molar-refractivity contribution >= 4 is 0 Å². The Balaban J connectivity index is 2.32. The lowest BCUT2D eigenvalue weighted by atomic mass is 9.78. The molecule has 0 spiro atoms. The Morgan fingerprint density at radius 1 is 1.29 bits per heavy atom. The maximum Gasteiger partial charge on any atom is 0.108 e. The Hall–Kier alpha value is -0.800. The zero-order valence-corrected chi connectivity index (χ0v) is 14.5. The molecule has 0 amide bonds. The number of aryl methyl sites for hydroxylation is 1. The summed E-state index contributed by atoms with van der Waals surface area (Å²) in [6.07, 6.45) is 4.95. The maximum atomic E-state index is 6.31. The Morgan fingerprint density at radius 3 is 2.52 bits per heavy atom. The molecule has 2 rings (SSSR count). The van der Waals surface area contributed by atoms with E-state index in [4.69, 9.17) is 9.15 Å². The summed E-state index contributed by atoms with van der Waals surface area (Å²) in [4.78, 5) is 0. The van der Waals surface area contributed by atoms with Crippen LogP contribution in [0.25, 0.3) is 0 Å². The predicted octanol–water partition coefficient (Wildman–Crippen LogP) is 4.48. The van der Waals surface area contributed by atoms with E-state index in [0.29, 0.717) is 12.0 Å². The van der Waals surface area contributed by atoms with Crippen LogP contribution in [-0.4, -0.2) is 17.7 Å². The third-order valence-electron chi connectivity index (χ3n) is 4.60. The average molecular weight is 293 g/mol. The fourth-order valence-electron chi connectivity index (χ4n) is 3.81. The van der Waals surface area contributed by atoms with Crippen LogP contribution < -0.4 is 5.32 Å². The summed E-state index contributed by atoms with van der Waals surface area (Å²) >= 11 is 0. The van der Waals surface area contributed by atoms with Crippen molar-refractivity contribution in [3.8, 4) is 0 Å². The molecule has 120 valence electrons. The largest absolute Gasteiger partial charge is 0.469 e. The molecule has 0 bridgehead atoms. The summed E-state index contributed by atoms with van der Waals surface area (Å²) in [6, 6.07) is 2.43. The Kier molecular flexibility index (Phi) is 4.84. The molecule has 1 aromatic heterocycles. The predicted molar refractivity (Wildman–Crippen MR) is 86.5 cm³/mol. The van der Waals surface area contributed by atoms with E-state index < -0.39 is 0 Å². The third-order valence-corrected chi connectivity index (χ3v) is 4.60. The van der Waals surface area contributed by atoms with Gasteiger partial charge in [-0.3, -0.25) is 0 Å². The van der Waals surface area contributed by atoms with Gasteiger partial charge in [0.25, 0.3) is 0 Å². The van der Waals surface area contributed by atoms with Crippen LogP contribution in [0.2, 0.25) is 0 Å². The molecular formula is C18H31NO2. The highest BCUT2D eigenvalue weighted by Crippen LogP contribution is 2.48. The van der Waals surface area contributed by atoms with E-state index in [1.54, 1.807) is 0 Å². The van der Waals surface area contributed by atoms with Gasteiger partial charge in [-0.15, -0.1) is 0 Å². The molecule has 2 unspecified atom stereocenters. The van der Waals surface area contributed by atoms with Gasteiger partial charge in [-0.2, -0.15) is 0 Å². The molecule has 3 heteroatoms. The first-order chi connectivity index (χ1) is 9.80. The van der Waals surface area contributed by atoms with Crippen LogP contribution in [0.3, 0.4) is 0 Å². The molecule has 2 heterocycles. The minimum atomic E-state index is -0.128. The third kappa shape index (κ3) is 3.51. The highest BCUT2D eigenvalue weighted by atomic mass is 16.5. The number of nitrogens with one attached hydrogen (secondary N) is 1. The quantitative estimate of drug-likeness (QED) is 0.840. The molecule has 0 saturated carbocycles. The van der Waals surface area contributed by atoms with Crippen LogP contribution in [0, 0.1) is 5.92 Å². The number of hydrogen-bond acceptors (Lipinski definition) is 3. The van der Waals surface area contributed by atoms with Crippen LogP contribution in [0.4, 0.5) is 0 Å². The van der Waals surface area contributed by atoms with E-state index in [2.05, 4.69) is 52.9 Å². The normalized spacial score (nSPS) is 25.1. The van der Waals surface area contributed by atoms with E-state index in [0.717, 1.165) is 31.6 Å². The van der Waals surface area contributed by atoms with Crippen molar-refractivity contribution in [3.05, 3.63) is 23.7 Å². The standard InChI is InChI=1S/C18H31NO2/c1-7-10-19-16(13-9-11-20-15(13)8-2)14-12-17(3,4)21-18(14,5)6/h9,11,14,16,19H,7-8,10,12H2,1-6H3. The van der Waals surface area contributed by atoms with E-state index in [9.17, 15) is 0 Å². The van der Waals surface area contributed by atoms with Crippen molar-refractivity contribution in [2.45, 2.75) is 78.0 Å². The number of hydrogen-bond donors (Lipinski definition) is 1. The van der Waals surface area contributed by atoms with E-state index >= 15 is 0 Å². The summed E-state index contributed by atoms with van der Waals surface area (Å²) in [7, 11) is 0. The minimum absolute atomic E-state index is 0.0591. The van der Waals surface area contributed by atoms with Gasteiger partial charge < -0.3 is 14.5 Å². The molecule has 1 fully saturated rings. The van der Waals surface area contributed by atoms with Crippen molar-refractivity contribution in [1.29, 1.82) is 0 Å². The molecule has 1 aliphatic rings. The second kappa shape index (κ2) is 6.13. The lowest BCUT2D eigenvalue weighted by molar-refractivity contribution is -0.0779. The first-order valence-electron chi connectivity index (χ1n) is 8.30. The highest BCUT2D eigenvalue weighted by molar-refractivity contribution is 5.24. The topological polar surface area (TPSA) is 34.4 Å². The van der Waals surface area contributed by atoms with Gasteiger partial charge >= 0.3 is 0 Å². The smallest absolute Gasteiger partial charge is 0.108 e. The molecule has 3 nitrogen and oxygen atoms in total. The fourth-order valence-corrected chi connectivity index (χ4v) is 3.81. The first-order valence-corrected chi connectivity index (χ1v) is 8.30. The van der Waals surface area contributed by atoms with Gasteiger partial charge in [-0.05, 0) is 53.1 Å². The molecule has 0 aromatic carbocycles. The summed E-state index contributed by atoms with van der Waals surface area (Å²) in [6.45, 7) is 14.2. The Labute approximate surface area is 129 Å². The van der Waals surface area contributed by atoms with Crippen LogP contribution in [0.1, 0.15) is 71.7 Å². The number of furan rings is 1. The fraction of sp³-hybridized carbons (Fsp3) is 0.778. The zero-order chi connectivity index (χ0) is 15.7. The molecule has 1 aromatic rings. The summed E-state index contributed by atoms with van der Waals surface area (Å²) in [5.41, 5.74) is 1.12. The van der Waals surface area contributed by atoms with Crippen molar-refractivity contribution in [2.24, 2.45) is 5.92 Å². The van der Waals surface area contributed by atoms with Crippen molar-refractivity contribution < 1.29 is 9.15 Å². The number of rotatable bonds is 6. The monoisotopic (exact) mass is 293 g/mol. The van der Waals surface area contributed by atoms with Gasteiger partial charge in [0, 0.05) is 23.9 Å². The summed E-state index contributed by atoms with van der Waals surface area (Å²) in [5, 5.41) is 3.74. The first kappa shape index (κ1) is 16.6. The van der Waals surface area contributed by atoms with Crippen molar-refractivity contribution in [2.75, 3.05) is 6.54 Å². The molecule has 0 radical (unpaired) electrons. The van der Waals surface area contributed by atoms with Crippen LogP contribution in [-0.2, 0) is 11.2 Å². The second-order valence-corrected chi connectivity index (χ2v) is 7.36. The van der Waals surface area contributed by atoms with Gasteiger partial charge in [0.1, 0.15) is 5.76 Å². The van der Waals surface area contributed by atoms with Crippen LogP contribution in [0.15, 0.2) is 16.7 Å². The van der Waals surface area contributed by atoms with E-state index in [1.165, 1.54) is 5.56 Å². The minimum Gasteiger partial charge on any atom is -0.469 e. The van der Waals surface area contributed by atoms with Gasteiger partial charge in [0.2, 0.25) is 0 Å². The molecule has 1 N–H and O–H groups in total. The summed E-state index contributed by atoms with van der Waals surface area (Å²) < 4.78 is 12.0. The maximum absolute atomic E-state index is 6.31. The zero-order valence-electron chi connectivity index (χ0n) is 14.5. The van der Waals surface area contributed by atoms with Crippen molar-refractivity contribution in [1.82, 2.24) is 5.32 Å². The Bertz CT molecular complexity index is 462. The molecule has 2 atom stereocenters. The molecular weight excluding hydrogens is 262 g/mol. The molecule has 1 saturated heterocycles. The van der Waals surface area contributed by atoms with Gasteiger partial charge in [-0.1, -0.05) is 13.8 Å². The van der Waals surface area contributed by atoms with Crippen LogP contribution >= 0.6 is 0 Å². The summed E-state index contributed by atoms with van der Waals surface area (Å²) in [5.74, 6) is 1.55. The second-order valence-electron chi connectivity index (χ2n) is 7.36. The van der Waals surface area contributed by atoms with Gasteiger partial charge in [0.05, 0.1) is 17.5 Å². The van der Waals surface area contributed by atoms with Crippen molar-refractivity contribution in [3.63, 3.8) is 0 Å². The highest BCUT2D eigenvalue weighted by Gasteiger charge is 2.49. The average Bonchev–Trinajstić information content (AvgIpc) is 2.92. The molecule has 21 heavy (non-hydrogen) atoms. The molecule has 1 aliphatic heterocycles. The van der Waals surface area contributed by atoms with E-state index in [1.807, 2.05) is 6.26 Å². The van der Waals surface area contributed by atoms with Crippen LogP contribution in [0.5, 0.6) is 0 Å². The van der Waals surface area contributed by atoms with Gasteiger partial charge in [-0.25, -0.2) is 0 Å².